The van der Waals surface area contributed by atoms with Crippen molar-refractivity contribution in [3.8, 4) is 0 Å². The van der Waals surface area contributed by atoms with Crippen molar-refractivity contribution in [3.63, 3.8) is 0 Å². The van der Waals surface area contributed by atoms with Crippen LogP contribution >= 0.6 is 34.7 Å². The van der Waals surface area contributed by atoms with E-state index in [0.29, 0.717) is 10.6 Å². The Morgan fingerprint density at radius 3 is 2.81 bits per heavy atom. The molecule has 3 aromatic rings. The van der Waals surface area contributed by atoms with E-state index in [2.05, 4.69) is 15.6 Å². The Labute approximate surface area is 164 Å². The van der Waals surface area contributed by atoms with Crippen LogP contribution in [-0.4, -0.2) is 29.6 Å². The Morgan fingerprint density at radius 1 is 1.23 bits per heavy atom. The molecule has 26 heavy (non-hydrogen) atoms. The number of anilines is 1. The van der Waals surface area contributed by atoms with Crippen molar-refractivity contribution < 1.29 is 9.59 Å². The normalized spacial score (nSPS) is 10.7. The fourth-order valence-electron chi connectivity index (χ4n) is 2.32. The number of thiazole rings is 1. The molecule has 0 bridgehead atoms. The number of nitrogens with zero attached hydrogens (tertiary/aromatic N) is 1. The molecule has 5 nitrogen and oxygen atoms in total. The first-order valence-electron chi connectivity index (χ1n) is 7.84. The standard InChI is InChI=1S/C18H16ClN3O2S2/c1-25-18-22-14-7-6-11(10-15(14)26-18)21-16(23)8-9-20-17(24)12-4-2-3-5-13(12)19/h2-7,10H,8-9H2,1H3,(H,20,24)(H,21,23). The molecule has 0 fully saturated rings. The van der Waals surface area contributed by atoms with Crippen LogP contribution in [0.15, 0.2) is 46.8 Å². The molecule has 2 aromatic carbocycles. The molecule has 1 aromatic heterocycles. The highest BCUT2D eigenvalue weighted by Crippen LogP contribution is 2.29. The van der Waals surface area contributed by atoms with Crippen LogP contribution in [0.3, 0.4) is 0 Å². The maximum atomic E-state index is 12.1. The second-order valence-electron chi connectivity index (χ2n) is 5.40. The third-order valence-corrected chi connectivity index (χ3v) is 5.92. The van der Waals surface area contributed by atoms with Gasteiger partial charge < -0.3 is 10.6 Å². The quantitative estimate of drug-likeness (QED) is 0.595. The van der Waals surface area contributed by atoms with Gasteiger partial charge in [0, 0.05) is 18.7 Å². The lowest BCUT2D eigenvalue weighted by atomic mass is 10.2. The summed E-state index contributed by atoms with van der Waals surface area (Å²) in [5.41, 5.74) is 2.04. The Balaban J connectivity index is 1.52. The minimum Gasteiger partial charge on any atom is -0.351 e. The highest BCUT2D eigenvalue weighted by Gasteiger charge is 2.10. The van der Waals surface area contributed by atoms with E-state index < -0.39 is 0 Å². The van der Waals surface area contributed by atoms with Gasteiger partial charge in [-0.1, -0.05) is 35.5 Å². The molecule has 0 saturated heterocycles. The first-order valence-corrected chi connectivity index (χ1v) is 10.3. The molecule has 0 atom stereocenters. The third kappa shape index (κ3) is 4.55. The number of carbonyl (C=O) groups is 2. The SMILES string of the molecule is CSc1nc2ccc(NC(=O)CCNC(=O)c3ccccc3Cl)cc2s1. The van der Waals surface area contributed by atoms with Crippen LogP contribution in [-0.2, 0) is 4.79 Å². The number of benzene rings is 2. The zero-order valence-electron chi connectivity index (χ0n) is 13.9. The van der Waals surface area contributed by atoms with Gasteiger partial charge in [-0.05, 0) is 36.6 Å². The molecule has 0 radical (unpaired) electrons. The van der Waals surface area contributed by atoms with E-state index in [-0.39, 0.29) is 24.8 Å². The molecule has 8 heteroatoms. The lowest BCUT2D eigenvalue weighted by Gasteiger charge is -2.07. The van der Waals surface area contributed by atoms with Gasteiger partial charge in [-0.3, -0.25) is 9.59 Å². The summed E-state index contributed by atoms with van der Waals surface area (Å²) in [5.74, 6) is -0.461. The van der Waals surface area contributed by atoms with Crippen molar-refractivity contribution in [1.29, 1.82) is 0 Å². The van der Waals surface area contributed by atoms with Gasteiger partial charge in [0.2, 0.25) is 5.91 Å². The van der Waals surface area contributed by atoms with Crippen LogP contribution in [0.5, 0.6) is 0 Å². The van der Waals surface area contributed by atoms with Crippen molar-refractivity contribution in [2.45, 2.75) is 10.8 Å². The molecule has 0 spiro atoms. The van der Waals surface area contributed by atoms with Gasteiger partial charge in [-0.15, -0.1) is 11.3 Å². The summed E-state index contributed by atoms with van der Waals surface area (Å²) in [6.45, 7) is 0.231. The number of fused-ring (bicyclic) bond motifs is 1. The molecule has 1 heterocycles. The molecule has 3 rings (SSSR count). The summed E-state index contributed by atoms with van der Waals surface area (Å²) in [6.07, 6.45) is 2.16. The summed E-state index contributed by atoms with van der Waals surface area (Å²) < 4.78 is 2.02. The zero-order chi connectivity index (χ0) is 18.5. The number of hydrogen-bond acceptors (Lipinski definition) is 5. The fourth-order valence-corrected chi connectivity index (χ4v) is 4.07. The van der Waals surface area contributed by atoms with Gasteiger partial charge in [-0.25, -0.2) is 4.98 Å². The molecule has 0 saturated carbocycles. The summed E-state index contributed by atoms with van der Waals surface area (Å²) in [5, 5.41) is 5.93. The summed E-state index contributed by atoms with van der Waals surface area (Å²) in [7, 11) is 0. The highest BCUT2D eigenvalue weighted by atomic mass is 35.5. The smallest absolute Gasteiger partial charge is 0.252 e. The molecular weight excluding hydrogens is 390 g/mol. The fraction of sp³-hybridized carbons (Fsp3) is 0.167. The largest absolute Gasteiger partial charge is 0.351 e. The van der Waals surface area contributed by atoms with Gasteiger partial charge in [-0.2, -0.15) is 0 Å². The van der Waals surface area contributed by atoms with E-state index in [9.17, 15) is 9.59 Å². The average Bonchev–Trinajstić information content (AvgIpc) is 3.04. The van der Waals surface area contributed by atoms with Crippen molar-refractivity contribution >= 4 is 62.4 Å². The zero-order valence-corrected chi connectivity index (χ0v) is 16.3. The lowest BCUT2D eigenvalue weighted by molar-refractivity contribution is -0.116. The Kier molecular flexibility index (Phi) is 6.13. The Morgan fingerprint density at radius 2 is 2.04 bits per heavy atom. The number of halogens is 1. The molecule has 0 aliphatic carbocycles. The first kappa shape index (κ1) is 18.7. The van der Waals surface area contributed by atoms with Gasteiger partial charge in [0.1, 0.15) is 0 Å². The van der Waals surface area contributed by atoms with Gasteiger partial charge in [0.15, 0.2) is 4.34 Å². The first-order chi connectivity index (χ1) is 12.6. The monoisotopic (exact) mass is 405 g/mol. The predicted molar refractivity (Wildman–Crippen MR) is 108 cm³/mol. The van der Waals surface area contributed by atoms with Crippen molar-refractivity contribution in [2.24, 2.45) is 0 Å². The summed E-state index contributed by atoms with van der Waals surface area (Å²) in [6, 6.07) is 12.4. The molecule has 2 N–H and O–H groups in total. The maximum absolute atomic E-state index is 12.1. The average molecular weight is 406 g/mol. The van der Waals surface area contributed by atoms with E-state index >= 15 is 0 Å². The lowest BCUT2D eigenvalue weighted by Crippen LogP contribution is -2.27. The van der Waals surface area contributed by atoms with Crippen LogP contribution in [0.2, 0.25) is 5.02 Å². The van der Waals surface area contributed by atoms with Gasteiger partial charge in [0.05, 0.1) is 20.8 Å². The molecule has 0 aliphatic heterocycles. The van der Waals surface area contributed by atoms with Crippen LogP contribution < -0.4 is 10.6 Å². The van der Waals surface area contributed by atoms with Crippen LogP contribution in [0, 0.1) is 0 Å². The van der Waals surface area contributed by atoms with Crippen LogP contribution in [0.1, 0.15) is 16.8 Å². The molecule has 0 aliphatic rings. The molecule has 2 amide bonds. The van der Waals surface area contributed by atoms with Gasteiger partial charge >= 0.3 is 0 Å². The van der Waals surface area contributed by atoms with Crippen LogP contribution in [0.4, 0.5) is 5.69 Å². The van der Waals surface area contributed by atoms with Crippen molar-refractivity contribution in [2.75, 3.05) is 18.1 Å². The number of thioether (sulfide) groups is 1. The second kappa shape index (κ2) is 8.53. The Bertz CT molecular complexity index is 959. The van der Waals surface area contributed by atoms with E-state index in [1.807, 2.05) is 24.5 Å². The topological polar surface area (TPSA) is 71.1 Å². The minimum absolute atomic E-state index is 0.168. The second-order valence-corrected chi connectivity index (χ2v) is 7.89. The maximum Gasteiger partial charge on any atom is 0.252 e. The number of rotatable bonds is 6. The summed E-state index contributed by atoms with van der Waals surface area (Å²) >= 11 is 9.17. The number of hydrogen-bond donors (Lipinski definition) is 2. The van der Waals surface area contributed by atoms with E-state index in [1.54, 1.807) is 47.4 Å². The molecule has 134 valence electrons. The number of aromatic nitrogens is 1. The molecular formula is C18H16ClN3O2S2. The third-order valence-electron chi connectivity index (χ3n) is 3.58. The minimum atomic E-state index is -0.293. The van der Waals surface area contributed by atoms with E-state index in [4.69, 9.17) is 11.6 Å². The highest BCUT2D eigenvalue weighted by molar-refractivity contribution is 8.00. The number of nitrogens with one attached hydrogen (secondary N) is 2. The predicted octanol–water partition coefficient (Wildman–Crippen LogP) is 4.43. The van der Waals surface area contributed by atoms with Crippen molar-refractivity contribution in [3.05, 3.63) is 53.1 Å². The van der Waals surface area contributed by atoms with Gasteiger partial charge in [0.25, 0.3) is 5.91 Å². The molecule has 0 unspecified atom stereocenters. The summed E-state index contributed by atoms with van der Waals surface area (Å²) in [4.78, 5) is 28.6. The van der Waals surface area contributed by atoms with E-state index in [1.165, 1.54) is 0 Å². The Hall–Kier alpha value is -2.09. The van der Waals surface area contributed by atoms with Crippen molar-refractivity contribution in [1.82, 2.24) is 10.3 Å². The van der Waals surface area contributed by atoms with Crippen LogP contribution in [0.25, 0.3) is 10.2 Å². The van der Waals surface area contributed by atoms with E-state index in [0.717, 1.165) is 20.2 Å². The number of carbonyl (C=O) groups excluding carboxylic acids is 2. The number of amides is 2.